The van der Waals surface area contributed by atoms with Gasteiger partial charge in [-0.2, -0.15) is 0 Å². The largest absolute Gasteiger partial charge is 0.396 e. The van der Waals surface area contributed by atoms with Crippen LogP contribution in [0.1, 0.15) is 89.9 Å². The summed E-state index contributed by atoms with van der Waals surface area (Å²) in [6.07, 6.45) is 25.8. The predicted octanol–water partition coefficient (Wildman–Crippen LogP) is 6.04. The molecule has 0 aliphatic heterocycles. The fraction of sp³-hybridized carbons (Fsp3) is 0.800. The third-order valence-electron chi connectivity index (χ3n) is 3.99. The third kappa shape index (κ3) is 21.4. The molecule has 3 heteroatoms. The van der Waals surface area contributed by atoms with Crippen molar-refractivity contribution in [3.8, 4) is 0 Å². The van der Waals surface area contributed by atoms with Crippen LogP contribution in [-0.2, 0) is 4.89 Å². The van der Waals surface area contributed by atoms with Gasteiger partial charge in [-0.25, -0.2) is 4.89 Å². The van der Waals surface area contributed by atoms with Crippen molar-refractivity contribution in [2.75, 3.05) is 13.2 Å². The average Bonchev–Trinajstić information content (AvgIpc) is 2.57. The molecule has 0 atom stereocenters. The monoisotopic (exact) mass is 326 g/mol. The minimum Gasteiger partial charge on any atom is -0.396 e. The summed E-state index contributed by atoms with van der Waals surface area (Å²) >= 11 is 0. The summed E-state index contributed by atoms with van der Waals surface area (Å²) in [5.74, 6) is 0. The highest BCUT2D eigenvalue weighted by molar-refractivity contribution is 4.92. The molecule has 136 valence electrons. The van der Waals surface area contributed by atoms with Gasteiger partial charge in [-0.15, -0.1) is 0 Å². The van der Waals surface area contributed by atoms with E-state index in [4.69, 9.17) is 10.4 Å². The Morgan fingerprint density at radius 2 is 1.04 bits per heavy atom. The van der Waals surface area contributed by atoms with Gasteiger partial charge < -0.3 is 5.11 Å². The maximum Gasteiger partial charge on any atom is 0.0819 e. The maximum absolute atomic E-state index is 8.68. The van der Waals surface area contributed by atoms with Crippen molar-refractivity contribution >= 4 is 0 Å². The first-order valence-electron chi connectivity index (χ1n) is 9.59. The highest BCUT2D eigenvalue weighted by Gasteiger charge is 1.90. The van der Waals surface area contributed by atoms with E-state index in [1.54, 1.807) is 0 Å². The van der Waals surface area contributed by atoms with E-state index in [2.05, 4.69) is 29.2 Å². The Morgan fingerprint density at radius 3 is 1.57 bits per heavy atom. The first-order valence-corrected chi connectivity index (χ1v) is 9.59. The lowest BCUT2D eigenvalue weighted by Gasteiger charge is -1.98. The maximum atomic E-state index is 8.68. The van der Waals surface area contributed by atoms with E-state index in [1.807, 2.05) is 0 Å². The van der Waals surface area contributed by atoms with Crippen molar-refractivity contribution in [3.63, 3.8) is 0 Å². The van der Waals surface area contributed by atoms with Crippen molar-refractivity contribution in [2.24, 2.45) is 0 Å². The van der Waals surface area contributed by atoms with Crippen LogP contribution in [0, 0.1) is 0 Å². The summed E-state index contributed by atoms with van der Waals surface area (Å²) in [6.45, 7) is 0.812. The zero-order valence-electron chi connectivity index (χ0n) is 14.9. The number of unbranched alkanes of at least 4 members (excludes halogenated alkanes) is 11. The van der Waals surface area contributed by atoms with Gasteiger partial charge >= 0.3 is 0 Å². The van der Waals surface area contributed by atoms with E-state index in [1.165, 1.54) is 64.2 Å². The number of aliphatic hydroxyl groups is 1. The molecule has 0 amide bonds. The molecule has 0 saturated heterocycles. The predicted molar refractivity (Wildman–Crippen MR) is 98.6 cm³/mol. The van der Waals surface area contributed by atoms with Gasteiger partial charge in [-0.1, -0.05) is 69.2 Å². The summed E-state index contributed by atoms with van der Waals surface area (Å²) in [4.78, 5) is 4.05. The summed E-state index contributed by atoms with van der Waals surface area (Å²) in [7, 11) is 0. The van der Waals surface area contributed by atoms with Crippen LogP contribution in [-0.4, -0.2) is 23.6 Å². The Kier molecular flexibility index (Phi) is 20.8. The van der Waals surface area contributed by atoms with Crippen molar-refractivity contribution in [3.05, 3.63) is 24.3 Å². The lowest BCUT2D eigenvalue weighted by molar-refractivity contribution is -0.242. The van der Waals surface area contributed by atoms with Crippen LogP contribution in [0.3, 0.4) is 0 Å². The van der Waals surface area contributed by atoms with Crippen molar-refractivity contribution < 1.29 is 15.3 Å². The van der Waals surface area contributed by atoms with Gasteiger partial charge in [0, 0.05) is 6.61 Å². The molecule has 0 rings (SSSR count). The first-order chi connectivity index (χ1) is 11.4. The number of allylic oxidation sites excluding steroid dienone is 4. The Bertz CT molecular complexity index is 236. The van der Waals surface area contributed by atoms with Crippen LogP contribution in [0.5, 0.6) is 0 Å². The van der Waals surface area contributed by atoms with Crippen LogP contribution in [0.15, 0.2) is 24.3 Å². The molecule has 0 radical (unpaired) electrons. The van der Waals surface area contributed by atoms with Crippen LogP contribution < -0.4 is 0 Å². The van der Waals surface area contributed by atoms with Crippen LogP contribution >= 0.6 is 0 Å². The Balaban J connectivity index is 3.14. The average molecular weight is 327 g/mol. The Labute approximate surface area is 143 Å². The summed E-state index contributed by atoms with van der Waals surface area (Å²) < 4.78 is 0. The normalized spacial score (nSPS) is 11.9. The van der Waals surface area contributed by atoms with Crippen LogP contribution in [0.2, 0.25) is 0 Å². The topological polar surface area (TPSA) is 49.7 Å². The molecule has 0 heterocycles. The van der Waals surface area contributed by atoms with Gasteiger partial charge in [0.15, 0.2) is 0 Å². The molecular formula is C20H38O3. The molecule has 3 nitrogen and oxygen atoms in total. The quantitative estimate of drug-likeness (QED) is 0.140. The van der Waals surface area contributed by atoms with Gasteiger partial charge in [0.25, 0.3) is 0 Å². The van der Waals surface area contributed by atoms with E-state index in [0.717, 1.165) is 25.7 Å². The standard InChI is InChI=1S/C20H38O3/c21-19-17-15-13-11-9-7-5-3-1-2-4-6-8-10-12-14-16-18-20-23-22/h1,3-4,6,21-22H,2,5,7-20H2/b3-1-,6-4-. The minimum absolute atomic E-state index is 0.344. The minimum atomic E-state index is 0.344. The Morgan fingerprint density at radius 1 is 0.565 bits per heavy atom. The molecule has 0 aromatic rings. The first kappa shape index (κ1) is 22.4. The van der Waals surface area contributed by atoms with E-state index in [-0.39, 0.29) is 0 Å². The third-order valence-corrected chi connectivity index (χ3v) is 3.99. The molecule has 2 N–H and O–H groups in total. The van der Waals surface area contributed by atoms with Crippen LogP contribution in [0.25, 0.3) is 0 Å². The molecule has 0 fully saturated rings. The van der Waals surface area contributed by atoms with E-state index < -0.39 is 0 Å². The SMILES string of the molecule is OCCCCCCCC/C=C\C/C=C\CCCCCCCOO. The molecule has 0 aliphatic rings. The highest BCUT2D eigenvalue weighted by Crippen LogP contribution is 2.08. The molecule has 0 aliphatic carbocycles. The van der Waals surface area contributed by atoms with Gasteiger partial charge in [0.1, 0.15) is 0 Å². The summed E-state index contributed by atoms with van der Waals surface area (Å²) in [5, 5.41) is 16.9. The molecule has 0 unspecified atom stereocenters. The number of rotatable bonds is 18. The molecule has 0 saturated carbocycles. The Hall–Kier alpha value is -0.640. The molecule has 0 aromatic heterocycles. The van der Waals surface area contributed by atoms with E-state index in [0.29, 0.717) is 13.2 Å². The zero-order valence-corrected chi connectivity index (χ0v) is 14.9. The lowest BCUT2D eigenvalue weighted by atomic mass is 10.1. The number of hydrogen-bond acceptors (Lipinski definition) is 3. The van der Waals surface area contributed by atoms with Gasteiger partial charge in [0.05, 0.1) is 6.61 Å². The van der Waals surface area contributed by atoms with E-state index in [9.17, 15) is 0 Å². The summed E-state index contributed by atoms with van der Waals surface area (Å²) in [5.41, 5.74) is 0. The fourth-order valence-electron chi connectivity index (χ4n) is 2.55. The van der Waals surface area contributed by atoms with Crippen LogP contribution in [0.4, 0.5) is 0 Å². The van der Waals surface area contributed by atoms with E-state index >= 15 is 0 Å². The zero-order chi connectivity index (χ0) is 16.8. The summed E-state index contributed by atoms with van der Waals surface area (Å²) in [6, 6.07) is 0. The van der Waals surface area contributed by atoms with Crippen molar-refractivity contribution in [1.82, 2.24) is 0 Å². The number of aliphatic hydroxyl groups excluding tert-OH is 1. The van der Waals surface area contributed by atoms with Crippen molar-refractivity contribution in [1.29, 1.82) is 0 Å². The second-order valence-corrected chi connectivity index (χ2v) is 6.20. The molecular weight excluding hydrogens is 288 g/mol. The number of hydrogen-bond donors (Lipinski definition) is 2. The highest BCUT2D eigenvalue weighted by atomic mass is 17.1. The van der Waals surface area contributed by atoms with Gasteiger partial charge in [-0.05, 0) is 44.9 Å². The van der Waals surface area contributed by atoms with Gasteiger partial charge in [-0.3, -0.25) is 5.26 Å². The molecule has 0 bridgehead atoms. The molecule has 0 aromatic carbocycles. The molecule has 23 heavy (non-hydrogen) atoms. The van der Waals surface area contributed by atoms with Gasteiger partial charge in [0.2, 0.25) is 0 Å². The molecule has 0 spiro atoms. The second-order valence-electron chi connectivity index (χ2n) is 6.20. The van der Waals surface area contributed by atoms with Crippen molar-refractivity contribution in [2.45, 2.75) is 89.9 Å². The lowest BCUT2D eigenvalue weighted by Crippen LogP contribution is -1.88. The fourth-order valence-corrected chi connectivity index (χ4v) is 2.55. The second kappa shape index (κ2) is 21.4. The smallest absolute Gasteiger partial charge is 0.0819 e.